The van der Waals surface area contributed by atoms with Crippen molar-refractivity contribution in [1.29, 1.82) is 0 Å². The Kier molecular flexibility index (Phi) is 5.91. The van der Waals surface area contributed by atoms with Gasteiger partial charge in [0.15, 0.2) is 0 Å². The summed E-state index contributed by atoms with van der Waals surface area (Å²) in [5, 5.41) is 17.0. The van der Waals surface area contributed by atoms with Gasteiger partial charge in [-0.05, 0) is 31.5 Å². The zero-order valence-electron chi connectivity index (χ0n) is 11.2. The van der Waals surface area contributed by atoms with E-state index in [0.29, 0.717) is 5.92 Å². The first kappa shape index (κ1) is 16.4. The van der Waals surface area contributed by atoms with Crippen LogP contribution in [0, 0.1) is 16.0 Å². The van der Waals surface area contributed by atoms with Crippen LogP contribution >= 0.6 is 12.4 Å². The number of hydrogen-bond acceptors (Lipinski definition) is 4. The number of hydrogen-bond donors (Lipinski definition) is 2. The number of carbonyl (C=O) groups excluding carboxylic acids is 1. The quantitative estimate of drug-likeness (QED) is 0.658. The van der Waals surface area contributed by atoms with Crippen LogP contribution in [0.2, 0.25) is 0 Å². The molecule has 0 aromatic heterocycles. The molecular formula is C13H18ClN3O3. The number of nitrogens with zero attached hydrogens (tertiary/aromatic N) is 1. The first-order chi connectivity index (χ1) is 9.09. The summed E-state index contributed by atoms with van der Waals surface area (Å²) in [6, 6.07) is 6.09. The summed E-state index contributed by atoms with van der Waals surface area (Å²) in [6.45, 7) is 3.75. The predicted molar refractivity (Wildman–Crippen MR) is 78.2 cm³/mol. The van der Waals surface area contributed by atoms with Crippen LogP contribution < -0.4 is 10.6 Å². The second-order valence-electron chi connectivity index (χ2n) is 4.82. The van der Waals surface area contributed by atoms with Gasteiger partial charge in [0.25, 0.3) is 11.6 Å². The van der Waals surface area contributed by atoms with Crippen molar-refractivity contribution >= 4 is 24.0 Å². The summed E-state index contributed by atoms with van der Waals surface area (Å²) in [5.74, 6) is -0.0495. The molecule has 2 N–H and O–H groups in total. The van der Waals surface area contributed by atoms with E-state index >= 15 is 0 Å². The number of piperidine rings is 1. The monoisotopic (exact) mass is 299 g/mol. The number of nitro benzene ring substituents is 1. The summed E-state index contributed by atoms with van der Waals surface area (Å²) in [6.07, 6.45) is 0.841. The van der Waals surface area contributed by atoms with Gasteiger partial charge in [0, 0.05) is 12.1 Å². The molecule has 0 radical (unpaired) electrons. The summed E-state index contributed by atoms with van der Waals surface area (Å²) in [4.78, 5) is 22.5. The van der Waals surface area contributed by atoms with Gasteiger partial charge in [-0.15, -0.1) is 12.4 Å². The highest BCUT2D eigenvalue weighted by molar-refractivity contribution is 5.98. The Bertz CT molecular complexity index is 496. The summed E-state index contributed by atoms with van der Waals surface area (Å²) < 4.78 is 0. The Labute approximate surface area is 123 Å². The maximum atomic E-state index is 12.1. The van der Waals surface area contributed by atoms with E-state index in [4.69, 9.17) is 0 Å². The average Bonchev–Trinajstić information content (AvgIpc) is 2.41. The molecule has 1 saturated heterocycles. The normalized spacial score (nSPS) is 21.6. The minimum Gasteiger partial charge on any atom is -0.349 e. The van der Waals surface area contributed by atoms with Crippen molar-refractivity contribution < 1.29 is 9.72 Å². The van der Waals surface area contributed by atoms with E-state index in [1.54, 1.807) is 12.1 Å². The first-order valence-electron chi connectivity index (χ1n) is 6.34. The molecule has 0 bridgehead atoms. The lowest BCUT2D eigenvalue weighted by molar-refractivity contribution is -0.385. The molecule has 2 atom stereocenters. The van der Waals surface area contributed by atoms with Gasteiger partial charge in [-0.2, -0.15) is 0 Å². The lowest BCUT2D eigenvalue weighted by atomic mass is 9.95. The molecule has 0 aliphatic carbocycles. The molecule has 1 heterocycles. The fraction of sp³-hybridized carbons (Fsp3) is 0.462. The topological polar surface area (TPSA) is 84.3 Å². The van der Waals surface area contributed by atoms with E-state index in [2.05, 4.69) is 17.6 Å². The molecule has 1 aromatic rings. The molecule has 20 heavy (non-hydrogen) atoms. The average molecular weight is 300 g/mol. The van der Waals surface area contributed by atoms with Crippen LogP contribution in [-0.2, 0) is 0 Å². The highest BCUT2D eigenvalue weighted by atomic mass is 35.5. The Morgan fingerprint density at radius 3 is 2.80 bits per heavy atom. The van der Waals surface area contributed by atoms with Crippen molar-refractivity contribution in [2.75, 3.05) is 13.1 Å². The fourth-order valence-corrected chi connectivity index (χ4v) is 2.30. The Morgan fingerprint density at radius 2 is 2.15 bits per heavy atom. The van der Waals surface area contributed by atoms with Crippen molar-refractivity contribution in [2.24, 2.45) is 5.92 Å². The highest BCUT2D eigenvalue weighted by Gasteiger charge is 2.26. The first-order valence-corrected chi connectivity index (χ1v) is 6.34. The Morgan fingerprint density at radius 1 is 1.45 bits per heavy atom. The molecule has 1 fully saturated rings. The van der Waals surface area contributed by atoms with Gasteiger partial charge in [-0.3, -0.25) is 14.9 Å². The Hall–Kier alpha value is -1.66. The lowest BCUT2D eigenvalue weighted by Gasteiger charge is -2.30. The second kappa shape index (κ2) is 7.21. The third kappa shape index (κ3) is 3.68. The number of carbonyl (C=O) groups is 1. The van der Waals surface area contributed by atoms with Gasteiger partial charge in [-0.25, -0.2) is 0 Å². The van der Waals surface area contributed by atoms with Crippen LogP contribution in [0.1, 0.15) is 23.7 Å². The Balaban J connectivity index is 0.00000200. The largest absolute Gasteiger partial charge is 0.349 e. The number of benzene rings is 1. The van der Waals surface area contributed by atoms with Crippen molar-refractivity contribution in [2.45, 2.75) is 19.4 Å². The fourth-order valence-electron chi connectivity index (χ4n) is 2.30. The van der Waals surface area contributed by atoms with Crippen molar-refractivity contribution in [3.05, 3.63) is 39.9 Å². The van der Waals surface area contributed by atoms with Crippen molar-refractivity contribution in [1.82, 2.24) is 10.6 Å². The van der Waals surface area contributed by atoms with Crippen LogP contribution in [0.3, 0.4) is 0 Å². The minimum absolute atomic E-state index is 0. The van der Waals surface area contributed by atoms with E-state index in [1.165, 1.54) is 12.1 Å². The van der Waals surface area contributed by atoms with Crippen LogP contribution in [0.15, 0.2) is 24.3 Å². The van der Waals surface area contributed by atoms with Crippen LogP contribution in [-0.4, -0.2) is 30.0 Å². The zero-order chi connectivity index (χ0) is 13.8. The van der Waals surface area contributed by atoms with Gasteiger partial charge >= 0.3 is 0 Å². The maximum Gasteiger partial charge on any atom is 0.282 e. The van der Waals surface area contributed by atoms with Crippen LogP contribution in [0.5, 0.6) is 0 Å². The molecule has 6 nitrogen and oxygen atoms in total. The molecule has 1 aliphatic rings. The molecule has 1 amide bonds. The molecule has 0 saturated carbocycles. The number of nitrogens with one attached hydrogen (secondary N) is 2. The SMILES string of the molecule is CC1CNCCC1NC(=O)c1ccccc1[N+](=O)[O-].Cl. The molecule has 110 valence electrons. The van der Waals surface area contributed by atoms with Gasteiger partial charge in [0.1, 0.15) is 5.56 Å². The van der Waals surface area contributed by atoms with Gasteiger partial charge in [0.2, 0.25) is 0 Å². The van der Waals surface area contributed by atoms with Crippen molar-refractivity contribution in [3.8, 4) is 0 Å². The number of halogens is 1. The van der Waals surface area contributed by atoms with Crippen molar-refractivity contribution in [3.63, 3.8) is 0 Å². The molecular weight excluding hydrogens is 282 g/mol. The number of amides is 1. The molecule has 2 rings (SSSR count). The summed E-state index contributed by atoms with van der Waals surface area (Å²) in [5.41, 5.74) is -0.0279. The summed E-state index contributed by atoms with van der Waals surface area (Å²) >= 11 is 0. The summed E-state index contributed by atoms with van der Waals surface area (Å²) in [7, 11) is 0. The van der Waals surface area contributed by atoms with E-state index in [9.17, 15) is 14.9 Å². The maximum absolute atomic E-state index is 12.1. The molecule has 0 spiro atoms. The predicted octanol–water partition coefficient (Wildman–Crippen LogP) is 1.74. The van der Waals surface area contributed by atoms with Gasteiger partial charge < -0.3 is 10.6 Å². The lowest BCUT2D eigenvalue weighted by Crippen LogP contribution is -2.48. The van der Waals surface area contributed by atoms with Crippen LogP contribution in [0.4, 0.5) is 5.69 Å². The molecule has 7 heteroatoms. The third-order valence-electron chi connectivity index (χ3n) is 3.45. The number of nitro groups is 1. The minimum atomic E-state index is -0.527. The van der Waals surface area contributed by atoms with E-state index in [1.807, 2.05) is 0 Å². The standard InChI is InChI=1S/C13H17N3O3.ClH/c1-9-8-14-7-6-11(9)15-13(17)10-4-2-3-5-12(10)16(18)19;/h2-5,9,11,14H,6-8H2,1H3,(H,15,17);1H. The molecule has 2 unspecified atom stereocenters. The van der Waals surface area contributed by atoms with Gasteiger partial charge in [-0.1, -0.05) is 19.1 Å². The molecule has 1 aromatic carbocycles. The highest BCUT2D eigenvalue weighted by Crippen LogP contribution is 2.19. The smallest absolute Gasteiger partial charge is 0.282 e. The van der Waals surface area contributed by atoms with Crippen LogP contribution in [0.25, 0.3) is 0 Å². The molecule has 1 aliphatic heterocycles. The number of rotatable bonds is 3. The zero-order valence-corrected chi connectivity index (χ0v) is 12.0. The van der Waals surface area contributed by atoms with Gasteiger partial charge in [0.05, 0.1) is 4.92 Å². The van der Waals surface area contributed by atoms with E-state index < -0.39 is 4.92 Å². The number of para-hydroxylation sites is 1. The van der Waals surface area contributed by atoms with E-state index in [-0.39, 0.29) is 35.6 Å². The third-order valence-corrected chi connectivity index (χ3v) is 3.45. The second-order valence-corrected chi connectivity index (χ2v) is 4.82. The van der Waals surface area contributed by atoms with E-state index in [0.717, 1.165) is 19.5 Å².